The van der Waals surface area contributed by atoms with Crippen LogP contribution in [0.1, 0.15) is 35.6 Å². The lowest BCUT2D eigenvalue weighted by Gasteiger charge is -2.18. The third-order valence-electron chi connectivity index (χ3n) is 3.33. The van der Waals surface area contributed by atoms with Crippen LogP contribution in [0.3, 0.4) is 0 Å². The highest BCUT2D eigenvalue weighted by molar-refractivity contribution is 5.81. The molecule has 0 aromatic heterocycles. The molecule has 1 aliphatic rings. The van der Waals surface area contributed by atoms with Crippen LogP contribution in [0.2, 0.25) is 0 Å². The predicted octanol–water partition coefficient (Wildman–Crippen LogP) is 1.83. The average Bonchev–Trinajstić information content (AvgIpc) is 3.04. The normalized spacial score (nSPS) is 16.8. The van der Waals surface area contributed by atoms with E-state index in [1.807, 2.05) is 26.0 Å². The van der Waals surface area contributed by atoms with Gasteiger partial charge >= 0.3 is 0 Å². The summed E-state index contributed by atoms with van der Waals surface area (Å²) >= 11 is 0. The molecule has 1 atom stereocenters. The van der Waals surface area contributed by atoms with Crippen molar-refractivity contribution in [2.75, 3.05) is 6.54 Å². The number of benzene rings is 1. The summed E-state index contributed by atoms with van der Waals surface area (Å²) in [7, 11) is 0. The molecule has 1 aliphatic carbocycles. The Hall–Kier alpha value is -1.35. The van der Waals surface area contributed by atoms with Crippen molar-refractivity contribution in [3.05, 3.63) is 34.9 Å². The largest absolute Gasteiger partial charge is 0.368 e. The molecule has 0 spiro atoms. The lowest BCUT2D eigenvalue weighted by Crippen LogP contribution is -2.35. The average molecular weight is 232 g/mol. The minimum Gasteiger partial charge on any atom is -0.368 e. The molecular formula is C14H20N2O. The van der Waals surface area contributed by atoms with Gasteiger partial charge in [0.2, 0.25) is 5.91 Å². The van der Waals surface area contributed by atoms with Crippen LogP contribution < -0.4 is 11.1 Å². The van der Waals surface area contributed by atoms with Crippen molar-refractivity contribution >= 4 is 5.91 Å². The molecule has 0 saturated heterocycles. The molecular weight excluding hydrogens is 212 g/mol. The number of aryl methyl sites for hydroxylation is 2. The molecule has 1 aromatic rings. The second kappa shape index (κ2) is 4.88. The number of carbonyl (C=O) groups excluding carboxylic acids is 1. The van der Waals surface area contributed by atoms with Gasteiger partial charge in [-0.1, -0.05) is 23.8 Å². The van der Waals surface area contributed by atoms with E-state index in [0.29, 0.717) is 0 Å². The van der Waals surface area contributed by atoms with E-state index in [0.717, 1.165) is 23.6 Å². The van der Waals surface area contributed by atoms with Crippen molar-refractivity contribution in [2.24, 2.45) is 11.7 Å². The van der Waals surface area contributed by atoms with E-state index >= 15 is 0 Å². The Morgan fingerprint density at radius 3 is 2.71 bits per heavy atom. The van der Waals surface area contributed by atoms with E-state index in [-0.39, 0.29) is 11.9 Å². The smallest absolute Gasteiger partial charge is 0.239 e. The molecule has 1 amide bonds. The van der Waals surface area contributed by atoms with Crippen LogP contribution in [0, 0.1) is 19.8 Å². The van der Waals surface area contributed by atoms with E-state index in [9.17, 15) is 4.79 Å². The number of hydrogen-bond acceptors (Lipinski definition) is 2. The topological polar surface area (TPSA) is 55.1 Å². The van der Waals surface area contributed by atoms with E-state index in [2.05, 4.69) is 11.4 Å². The van der Waals surface area contributed by atoms with E-state index in [4.69, 9.17) is 5.73 Å². The first-order chi connectivity index (χ1) is 8.08. The molecule has 1 fully saturated rings. The fourth-order valence-electron chi connectivity index (χ4n) is 2.12. The number of nitrogens with one attached hydrogen (secondary N) is 1. The molecule has 0 heterocycles. The maximum atomic E-state index is 11.5. The fraction of sp³-hybridized carbons (Fsp3) is 0.500. The van der Waals surface area contributed by atoms with Gasteiger partial charge in [0.05, 0.1) is 0 Å². The molecule has 3 nitrogen and oxygen atoms in total. The zero-order valence-corrected chi connectivity index (χ0v) is 10.5. The van der Waals surface area contributed by atoms with Crippen molar-refractivity contribution in [3.63, 3.8) is 0 Å². The number of carbonyl (C=O) groups is 1. The molecule has 1 saturated carbocycles. The Labute approximate surface area is 102 Å². The molecule has 1 aromatic carbocycles. The van der Waals surface area contributed by atoms with Crippen LogP contribution in [0.4, 0.5) is 0 Å². The first-order valence-electron chi connectivity index (χ1n) is 6.18. The molecule has 1 unspecified atom stereocenters. The van der Waals surface area contributed by atoms with E-state index in [1.54, 1.807) is 0 Å². The number of amides is 1. The predicted molar refractivity (Wildman–Crippen MR) is 68.6 cm³/mol. The standard InChI is InChI=1S/C14H20N2O/c1-9-3-6-12(10(2)7-9)13(14(15)17)16-8-11-4-5-11/h3,6-7,11,13,16H,4-5,8H2,1-2H3,(H2,15,17). The van der Waals surface area contributed by atoms with Gasteiger partial charge < -0.3 is 11.1 Å². The van der Waals surface area contributed by atoms with Gasteiger partial charge in [-0.15, -0.1) is 0 Å². The van der Waals surface area contributed by atoms with Gasteiger partial charge in [0, 0.05) is 0 Å². The number of primary amides is 1. The Bertz CT molecular complexity index is 424. The SMILES string of the molecule is Cc1ccc(C(NCC2CC2)C(N)=O)c(C)c1. The Balaban J connectivity index is 2.15. The second-order valence-electron chi connectivity index (χ2n) is 5.05. The highest BCUT2D eigenvalue weighted by Gasteiger charge is 2.25. The van der Waals surface area contributed by atoms with Gasteiger partial charge in [-0.25, -0.2) is 0 Å². The first kappa shape index (κ1) is 12.1. The zero-order valence-electron chi connectivity index (χ0n) is 10.5. The first-order valence-corrected chi connectivity index (χ1v) is 6.18. The highest BCUT2D eigenvalue weighted by atomic mass is 16.1. The summed E-state index contributed by atoms with van der Waals surface area (Å²) in [4.78, 5) is 11.5. The quantitative estimate of drug-likeness (QED) is 0.813. The van der Waals surface area contributed by atoms with Gasteiger partial charge in [-0.05, 0) is 50.3 Å². The van der Waals surface area contributed by atoms with Gasteiger partial charge in [0.15, 0.2) is 0 Å². The molecule has 17 heavy (non-hydrogen) atoms. The van der Waals surface area contributed by atoms with Crippen molar-refractivity contribution in [2.45, 2.75) is 32.7 Å². The summed E-state index contributed by atoms with van der Waals surface area (Å²) in [5.41, 5.74) is 8.81. The fourth-order valence-corrected chi connectivity index (χ4v) is 2.12. The molecule has 0 bridgehead atoms. The third kappa shape index (κ3) is 3.07. The van der Waals surface area contributed by atoms with Gasteiger partial charge in [0.25, 0.3) is 0 Å². The minimum absolute atomic E-state index is 0.294. The van der Waals surface area contributed by atoms with Crippen LogP contribution in [0.15, 0.2) is 18.2 Å². The van der Waals surface area contributed by atoms with Crippen LogP contribution in [-0.4, -0.2) is 12.5 Å². The monoisotopic (exact) mass is 232 g/mol. The molecule has 0 aliphatic heterocycles. The highest BCUT2D eigenvalue weighted by Crippen LogP contribution is 2.29. The molecule has 3 N–H and O–H groups in total. The summed E-state index contributed by atoms with van der Waals surface area (Å²) in [6.45, 7) is 4.96. The summed E-state index contributed by atoms with van der Waals surface area (Å²) in [6.07, 6.45) is 2.54. The maximum absolute atomic E-state index is 11.5. The van der Waals surface area contributed by atoms with Crippen molar-refractivity contribution in [1.82, 2.24) is 5.32 Å². The lowest BCUT2D eigenvalue weighted by molar-refractivity contribution is -0.120. The number of hydrogen-bond donors (Lipinski definition) is 2. The Morgan fingerprint density at radius 2 is 2.18 bits per heavy atom. The van der Waals surface area contributed by atoms with Gasteiger partial charge in [-0.2, -0.15) is 0 Å². The third-order valence-corrected chi connectivity index (χ3v) is 3.33. The van der Waals surface area contributed by atoms with E-state index in [1.165, 1.54) is 18.4 Å². The van der Waals surface area contributed by atoms with E-state index < -0.39 is 0 Å². The number of rotatable bonds is 5. The summed E-state index contributed by atoms with van der Waals surface area (Å²) in [5, 5.41) is 3.28. The summed E-state index contributed by atoms with van der Waals surface area (Å²) in [6, 6.07) is 5.76. The Kier molecular flexibility index (Phi) is 3.48. The molecule has 0 radical (unpaired) electrons. The van der Waals surface area contributed by atoms with Crippen LogP contribution in [0.5, 0.6) is 0 Å². The summed E-state index contributed by atoms with van der Waals surface area (Å²) in [5.74, 6) is 0.445. The van der Waals surface area contributed by atoms with Gasteiger partial charge in [-0.3, -0.25) is 4.79 Å². The zero-order chi connectivity index (χ0) is 12.4. The number of nitrogens with two attached hydrogens (primary N) is 1. The summed E-state index contributed by atoms with van der Waals surface area (Å²) < 4.78 is 0. The van der Waals surface area contributed by atoms with Crippen LogP contribution in [0.25, 0.3) is 0 Å². The van der Waals surface area contributed by atoms with Crippen LogP contribution >= 0.6 is 0 Å². The van der Waals surface area contributed by atoms with Crippen LogP contribution in [-0.2, 0) is 4.79 Å². The lowest BCUT2D eigenvalue weighted by atomic mass is 9.98. The second-order valence-corrected chi connectivity index (χ2v) is 5.05. The molecule has 92 valence electrons. The van der Waals surface area contributed by atoms with Gasteiger partial charge in [0.1, 0.15) is 6.04 Å². The van der Waals surface area contributed by atoms with Crippen molar-refractivity contribution < 1.29 is 4.79 Å². The van der Waals surface area contributed by atoms with Crippen molar-refractivity contribution in [1.29, 1.82) is 0 Å². The van der Waals surface area contributed by atoms with Crippen molar-refractivity contribution in [3.8, 4) is 0 Å². The Morgan fingerprint density at radius 1 is 1.47 bits per heavy atom. The molecule has 3 heteroatoms. The maximum Gasteiger partial charge on any atom is 0.239 e. The minimum atomic E-state index is -0.351. The molecule has 2 rings (SSSR count).